The van der Waals surface area contributed by atoms with Crippen LogP contribution >= 0.6 is 15.9 Å². The Labute approximate surface area is 166 Å². The smallest absolute Gasteiger partial charge is 0.166 e. The van der Waals surface area contributed by atoms with Gasteiger partial charge in [0.2, 0.25) is 0 Å². The van der Waals surface area contributed by atoms with Gasteiger partial charge in [-0.25, -0.2) is 4.98 Å². The summed E-state index contributed by atoms with van der Waals surface area (Å²) in [6.45, 7) is 4.00. The fourth-order valence-electron chi connectivity index (χ4n) is 3.44. The summed E-state index contributed by atoms with van der Waals surface area (Å²) in [4.78, 5) is 23.8. The van der Waals surface area contributed by atoms with Gasteiger partial charge in [0.15, 0.2) is 5.78 Å². The first-order valence-electron chi connectivity index (χ1n) is 9.25. The maximum atomic E-state index is 12.5. The molecule has 0 bridgehead atoms. The Morgan fingerprint density at radius 1 is 1.15 bits per heavy atom. The number of fused-ring (bicyclic) bond motifs is 1. The molecule has 1 aromatic carbocycles. The van der Waals surface area contributed by atoms with Crippen LogP contribution in [0.25, 0.3) is 10.9 Å². The molecule has 27 heavy (non-hydrogen) atoms. The fourth-order valence-corrected chi connectivity index (χ4v) is 3.80. The number of nitrogens with zero attached hydrogens (tertiary/aromatic N) is 3. The van der Waals surface area contributed by atoms with Crippen LogP contribution < -0.4 is 10.2 Å². The number of carbonyl (C=O) groups is 1. The number of anilines is 3. The van der Waals surface area contributed by atoms with Crippen molar-refractivity contribution in [2.45, 2.75) is 26.2 Å². The van der Waals surface area contributed by atoms with Crippen LogP contribution in [0.4, 0.5) is 17.2 Å². The van der Waals surface area contributed by atoms with Crippen molar-refractivity contribution in [3.05, 3.63) is 52.8 Å². The van der Waals surface area contributed by atoms with Gasteiger partial charge >= 0.3 is 0 Å². The van der Waals surface area contributed by atoms with E-state index in [9.17, 15) is 4.79 Å². The molecule has 1 aliphatic heterocycles. The minimum Gasteiger partial charge on any atom is -0.357 e. The van der Waals surface area contributed by atoms with Crippen LogP contribution in [0.2, 0.25) is 0 Å². The van der Waals surface area contributed by atoms with E-state index in [-0.39, 0.29) is 5.78 Å². The van der Waals surface area contributed by atoms with Crippen molar-refractivity contribution < 1.29 is 4.79 Å². The van der Waals surface area contributed by atoms with Gasteiger partial charge < -0.3 is 10.2 Å². The van der Waals surface area contributed by atoms with Crippen molar-refractivity contribution in [1.82, 2.24) is 9.97 Å². The maximum absolute atomic E-state index is 12.5. The molecule has 6 heteroatoms. The minimum absolute atomic E-state index is 0.0634. The van der Waals surface area contributed by atoms with Crippen LogP contribution in [-0.4, -0.2) is 28.8 Å². The topological polar surface area (TPSA) is 58.1 Å². The van der Waals surface area contributed by atoms with Gasteiger partial charge in [-0.2, -0.15) is 0 Å². The monoisotopic (exact) mass is 424 g/mol. The molecule has 1 N–H and O–H groups in total. The Balaban J connectivity index is 1.73. The van der Waals surface area contributed by atoms with Crippen LogP contribution in [0.3, 0.4) is 0 Å². The van der Waals surface area contributed by atoms with E-state index >= 15 is 0 Å². The Kier molecular flexibility index (Phi) is 5.07. The summed E-state index contributed by atoms with van der Waals surface area (Å²) in [6, 6.07) is 9.94. The van der Waals surface area contributed by atoms with E-state index in [0.29, 0.717) is 12.0 Å². The largest absolute Gasteiger partial charge is 0.357 e. The highest BCUT2D eigenvalue weighted by atomic mass is 79.9. The summed E-state index contributed by atoms with van der Waals surface area (Å²) in [5, 5.41) is 4.32. The maximum Gasteiger partial charge on any atom is 0.166 e. The molecule has 0 unspecified atom stereocenters. The normalized spacial score (nSPS) is 13.9. The molecule has 1 aliphatic rings. The van der Waals surface area contributed by atoms with Crippen LogP contribution in [-0.2, 0) is 0 Å². The Morgan fingerprint density at radius 3 is 2.67 bits per heavy atom. The lowest BCUT2D eigenvalue weighted by atomic mass is 10.0. The van der Waals surface area contributed by atoms with E-state index in [1.165, 1.54) is 12.8 Å². The molecule has 0 radical (unpaired) electrons. The van der Waals surface area contributed by atoms with E-state index in [2.05, 4.69) is 36.1 Å². The third kappa shape index (κ3) is 3.67. The molecule has 2 aromatic heterocycles. The highest BCUT2D eigenvalue weighted by molar-refractivity contribution is 9.10. The number of halogens is 1. The van der Waals surface area contributed by atoms with Gasteiger partial charge in [-0.05, 0) is 43.2 Å². The molecule has 3 heterocycles. The molecule has 0 saturated carbocycles. The first-order chi connectivity index (χ1) is 13.2. The SMILES string of the molecule is CCC(=O)c1cnc2ccc(Br)cc2c1Nc1ccc(N2CCCC2)nc1. The first kappa shape index (κ1) is 17.9. The fraction of sp³-hybridized carbons (Fsp3) is 0.286. The second kappa shape index (κ2) is 7.64. The van der Waals surface area contributed by atoms with Gasteiger partial charge in [0.1, 0.15) is 5.82 Å². The standard InChI is InChI=1S/C21H21BrN4O/c1-2-19(27)17-13-23-18-7-5-14(22)11-16(18)21(17)25-15-6-8-20(24-12-15)26-9-3-4-10-26/h5-8,11-13H,2-4,9-10H2,1H3,(H,23,25). The molecule has 138 valence electrons. The zero-order valence-corrected chi connectivity index (χ0v) is 16.8. The van der Waals surface area contributed by atoms with E-state index in [4.69, 9.17) is 0 Å². The molecule has 0 aliphatic carbocycles. The van der Waals surface area contributed by atoms with Crippen molar-refractivity contribution in [1.29, 1.82) is 0 Å². The van der Waals surface area contributed by atoms with Crippen molar-refractivity contribution in [2.75, 3.05) is 23.3 Å². The lowest BCUT2D eigenvalue weighted by Gasteiger charge is -2.17. The number of hydrogen-bond donors (Lipinski definition) is 1. The molecule has 5 nitrogen and oxygen atoms in total. The number of pyridine rings is 2. The summed E-state index contributed by atoms with van der Waals surface area (Å²) < 4.78 is 0.948. The average molecular weight is 425 g/mol. The van der Waals surface area contributed by atoms with E-state index in [1.54, 1.807) is 6.20 Å². The molecule has 0 amide bonds. The molecule has 1 fully saturated rings. The lowest BCUT2D eigenvalue weighted by Crippen LogP contribution is -2.18. The van der Waals surface area contributed by atoms with Crippen molar-refractivity contribution in [3.8, 4) is 0 Å². The number of nitrogens with one attached hydrogen (secondary N) is 1. The zero-order valence-electron chi connectivity index (χ0n) is 15.2. The summed E-state index contributed by atoms with van der Waals surface area (Å²) in [6.07, 6.45) is 6.38. The number of Topliss-reactive ketones (excluding diaryl/α,β-unsaturated/α-hetero) is 1. The van der Waals surface area contributed by atoms with Gasteiger partial charge in [0, 0.05) is 35.6 Å². The van der Waals surface area contributed by atoms with Crippen LogP contribution in [0, 0.1) is 0 Å². The van der Waals surface area contributed by atoms with Crippen LogP contribution in [0.1, 0.15) is 36.5 Å². The number of ketones is 1. The highest BCUT2D eigenvalue weighted by Gasteiger charge is 2.16. The second-order valence-corrected chi connectivity index (χ2v) is 7.62. The molecular weight excluding hydrogens is 404 g/mol. The number of carbonyl (C=O) groups excluding carboxylic acids is 1. The number of rotatable bonds is 5. The average Bonchev–Trinajstić information content (AvgIpc) is 3.23. The number of hydrogen-bond acceptors (Lipinski definition) is 5. The Bertz CT molecular complexity index is 981. The predicted octanol–water partition coefficient (Wildman–Crippen LogP) is 5.33. The lowest BCUT2D eigenvalue weighted by molar-refractivity contribution is 0.0989. The molecule has 0 spiro atoms. The van der Waals surface area contributed by atoms with Gasteiger partial charge in [0.25, 0.3) is 0 Å². The van der Waals surface area contributed by atoms with E-state index in [0.717, 1.165) is 45.7 Å². The summed E-state index contributed by atoms with van der Waals surface area (Å²) >= 11 is 3.52. The molecule has 1 saturated heterocycles. The molecule has 3 aromatic rings. The molecule has 0 atom stereocenters. The Morgan fingerprint density at radius 2 is 1.96 bits per heavy atom. The van der Waals surface area contributed by atoms with Crippen LogP contribution in [0.15, 0.2) is 47.2 Å². The second-order valence-electron chi connectivity index (χ2n) is 6.71. The molecular formula is C21H21BrN4O. The minimum atomic E-state index is 0.0634. The van der Waals surface area contributed by atoms with Crippen LogP contribution in [0.5, 0.6) is 0 Å². The molecule has 4 rings (SSSR count). The van der Waals surface area contributed by atoms with Crippen molar-refractivity contribution in [2.24, 2.45) is 0 Å². The van der Waals surface area contributed by atoms with Crippen molar-refractivity contribution >= 4 is 49.8 Å². The highest BCUT2D eigenvalue weighted by Crippen LogP contribution is 2.32. The number of benzene rings is 1. The third-order valence-corrected chi connectivity index (χ3v) is 5.39. The van der Waals surface area contributed by atoms with E-state index in [1.807, 2.05) is 43.5 Å². The van der Waals surface area contributed by atoms with E-state index < -0.39 is 0 Å². The van der Waals surface area contributed by atoms with Gasteiger partial charge in [0.05, 0.1) is 28.7 Å². The summed E-state index contributed by atoms with van der Waals surface area (Å²) in [5.74, 6) is 1.07. The Hall–Kier alpha value is -2.47. The van der Waals surface area contributed by atoms with Gasteiger partial charge in [-0.15, -0.1) is 0 Å². The third-order valence-electron chi connectivity index (χ3n) is 4.90. The van der Waals surface area contributed by atoms with Gasteiger partial charge in [-0.3, -0.25) is 9.78 Å². The van der Waals surface area contributed by atoms with Crippen molar-refractivity contribution in [3.63, 3.8) is 0 Å². The number of aromatic nitrogens is 2. The van der Waals surface area contributed by atoms with Gasteiger partial charge in [-0.1, -0.05) is 22.9 Å². The summed E-state index contributed by atoms with van der Waals surface area (Å²) in [7, 11) is 0. The predicted molar refractivity (Wildman–Crippen MR) is 113 cm³/mol. The quantitative estimate of drug-likeness (QED) is 0.560. The first-order valence-corrected chi connectivity index (χ1v) is 10.0. The zero-order chi connectivity index (χ0) is 18.8. The summed E-state index contributed by atoms with van der Waals surface area (Å²) in [5.41, 5.74) is 3.08.